The van der Waals surface area contributed by atoms with Crippen LogP contribution < -0.4 is 17.0 Å². The molecule has 1 aliphatic heterocycles. The number of aliphatic hydroxyl groups excluding tert-OH is 2. The molecule has 0 saturated carbocycles. The van der Waals surface area contributed by atoms with Crippen LogP contribution in [0.4, 0.5) is 5.82 Å². The molecule has 1 saturated heterocycles. The van der Waals surface area contributed by atoms with Crippen molar-refractivity contribution in [1.82, 2.24) is 9.55 Å². The summed E-state index contributed by atoms with van der Waals surface area (Å²) in [5.74, 6) is 5.33. The van der Waals surface area contributed by atoms with E-state index >= 15 is 0 Å². The number of nitrogens with two attached hydrogens (primary N) is 1. The zero-order chi connectivity index (χ0) is 14.0. The minimum atomic E-state index is -1.24. The van der Waals surface area contributed by atoms with Gasteiger partial charge in [-0.3, -0.25) is 4.57 Å². The lowest BCUT2D eigenvalue weighted by molar-refractivity contribution is -0.0613. The van der Waals surface area contributed by atoms with Gasteiger partial charge in [-0.1, -0.05) is 0 Å². The molecule has 9 nitrogen and oxygen atoms in total. The summed E-state index contributed by atoms with van der Waals surface area (Å²) in [5, 5.41) is 19.7. The molecule has 1 aromatic rings. The van der Waals surface area contributed by atoms with Crippen LogP contribution in [-0.4, -0.2) is 51.8 Å². The predicted molar refractivity (Wildman–Crippen MR) is 64.1 cm³/mol. The number of nitrogens with one attached hydrogen (secondary N) is 1. The average molecular weight is 272 g/mol. The van der Waals surface area contributed by atoms with Gasteiger partial charge in [-0.15, -0.1) is 0 Å². The molecule has 1 aliphatic rings. The third-order valence-electron chi connectivity index (χ3n) is 2.92. The molecule has 0 amide bonds. The largest absolute Gasteiger partial charge is 0.387 e. The third kappa shape index (κ3) is 2.60. The van der Waals surface area contributed by atoms with Gasteiger partial charge in [0.25, 0.3) is 0 Å². The summed E-state index contributed by atoms with van der Waals surface area (Å²) in [7, 11) is 1.45. The summed E-state index contributed by atoms with van der Waals surface area (Å²) in [5.41, 5.74) is 1.59. The first-order valence-corrected chi connectivity index (χ1v) is 5.64. The molecular weight excluding hydrogens is 256 g/mol. The molecule has 0 radical (unpaired) electrons. The number of hydrogen-bond donors (Lipinski definition) is 4. The van der Waals surface area contributed by atoms with Crippen molar-refractivity contribution in [3.8, 4) is 0 Å². The van der Waals surface area contributed by atoms with Gasteiger partial charge in [-0.25, -0.2) is 10.6 Å². The maximum atomic E-state index is 11.8. The van der Waals surface area contributed by atoms with Gasteiger partial charge in [-0.05, 0) is 6.07 Å². The summed E-state index contributed by atoms with van der Waals surface area (Å²) < 4.78 is 11.4. The number of hydrogen-bond acceptors (Lipinski definition) is 8. The van der Waals surface area contributed by atoms with E-state index in [0.29, 0.717) is 0 Å². The number of hydrazine groups is 1. The summed E-state index contributed by atoms with van der Waals surface area (Å²) in [6, 6.07) is 1.45. The zero-order valence-corrected chi connectivity index (χ0v) is 10.3. The number of nitrogens with zero attached hydrogens (tertiary/aromatic N) is 2. The number of ether oxygens (including phenoxy) is 2. The van der Waals surface area contributed by atoms with Gasteiger partial charge < -0.3 is 25.1 Å². The third-order valence-corrected chi connectivity index (χ3v) is 2.92. The Balaban J connectivity index is 2.25. The minimum Gasteiger partial charge on any atom is -0.387 e. The van der Waals surface area contributed by atoms with Crippen LogP contribution in [0.15, 0.2) is 17.1 Å². The number of aliphatic hydroxyl groups is 2. The number of nitrogen functional groups attached to an aromatic ring is 1. The maximum absolute atomic E-state index is 11.8. The van der Waals surface area contributed by atoms with Crippen LogP contribution in [0.5, 0.6) is 0 Å². The molecule has 106 valence electrons. The molecule has 2 rings (SSSR count). The quantitative estimate of drug-likeness (QED) is 0.358. The molecule has 0 unspecified atom stereocenters. The Labute approximate surface area is 108 Å². The Kier molecular flexibility index (Phi) is 4.12. The van der Waals surface area contributed by atoms with Crippen LogP contribution >= 0.6 is 0 Å². The molecule has 1 fully saturated rings. The second kappa shape index (κ2) is 5.63. The number of aromatic nitrogens is 2. The fraction of sp³-hybridized carbons (Fsp3) is 0.600. The van der Waals surface area contributed by atoms with Crippen molar-refractivity contribution >= 4 is 5.82 Å². The van der Waals surface area contributed by atoms with Crippen LogP contribution in [0.3, 0.4) is 0 Å². The van der Waals surface area contributed by atoms with E-state index in [2.05, 4.69) is 10.4 Å². The molecule has 1 aromatic heterocycles. The Hall–Kier alpha value is -1.52. The SMILES string of the molecule is COC[C@H]1O[C@@H](n2ccc(NN)nc2=O)[C@H](O)[C@@H]1O. The van der Waals surface area contributed by atoms with E-state index < -0.39 is 30.2 Å². The lowest BCUT2D eigenvalue weighted by atomic mass is 10.1. The smallest absolute Gasteiger partial charge is 0.351 e. The van der Waals surface area contributed by atoms with Gasteiger partial charge in [0, 0.05) is 13.3 Å². The normalized spacial score (nSPS) is 30.5. The van der Waals surface area contributed by atoms with Crippen molar-refractivity contribution in [2.45, 2.75) is 24.5 Å². The van der Waals surface area contributed by atoms with Crippen LogP contribution in [0.2, 0.25) is 0 Å². The minimum absolute atomic E-state index is 0.110. The standard InChI is InChI=1S/C10H16N4O5/c1-18-4-5-7(15)8(16)9(19-5)14-3-2-6(13-11)12-10(14)17/h2-3,5,7-9,15-16H,4,11H2,1H3,(H,12,13,17)/t5-,7-,8-,9-/m1/s1. The van der Waals surface area contributed by atoms with E-state index in [1.54, 1.807) is 0 Å². The van der Waals surface area contributed by atoms with E-state index in [-0.39, 0.29) is 12.4 Å². The Morgan fingerprint density at radius 1 is 1.58 bits per heavy atom. The highest BCUT2D eigenvalue weighted by molar-refractivity contribution is 5.29. The molecule has 0 spiro atoms. The molecule has 0 aromatic carbocycles. The summed E-state index contributed by atoms with van der Waals surface area (Å²) in [4.78, 5) is 15.4. The molecule has 9 heteroatoms. The second-order valence-electron chi connectivity index (χ2n) is 4.15. The lowest BCUT2D eigenvalue weighted by Gasteiger charge is -2.17. The predicted octanol–water partition coefficient (Wildman–Crippen LogP) is -2.21. The van der Waals surface area contributed by atoms with Gasteiger partial charge in [-0.2, -0.15) is 4.98 Å². The van der Waals surface area contributed by atoms with Crippen molar-refractivity contribution in [3.05, 3.63) is 22.7 Å². The Morgan fingerprint density at radius 3 is 2.89 bits per heavy atom. The van der Waals surface area contributed by atoms with Crippen LogP contribution in [0, 0.1) is 0 Å². The molecular formula is C10H16N4O5. The second-order valence-corrected chi connectivity index (χ2v) is 4.15. The average Bonchev–Trinajstić information content (AvgIpc) is 2.67. The fourth-order valence-corrected chi connectivity index (χ4v) is 1.95. The van der Waals surface area contributed by atoms with E-state index in [9.17, 15) is 15.0 Å². The molecule has 0 aliphatic carbocycles. The molecule has 5 N–H and O–H groups in total. The van der Waals surface area contributed by atoms with Crippen LogP contribution in [0.25, 0.3) is 0 Å². The van der Waals surface area contributed by atoms with Crippen molar-refractivity contribution in [3.63, 3.8) is 0 Å². The van der Waals surface area contributed by atoms with Gasteiger partial charge in [0.05, 0.1) is 6.61 Å². The van der Waals surface area contributed by atoms with Crippen LogP contribution in [-0.2, 0) is 9.47 Å². The maximum Gasteiger partial charge on any atom is 0.351 e. The van der Waals surface area contributed by atoms with E-state index in [0.717, 1.165) is 4.57 Å². The highest BCUT2D eigenvalue weighted by atomic mass is 16.6. The molecule has 4 atom stereocenters. The van der Waals surface area contributed by atoms with Crippen molar-refractivity contribution < 1.29 is 19.7 Å². The highest BCUT2D eigenvalue weighted by Gasteiger charge is 2.44. The van der Waals surface area contributed by atoms with Crippen LogP contribution in [0.1, 0.15) is 6.23 Å². The van der Waals surface area contributed by atoms with Gasteiger partial charge >= 0.3 is 5.69 Å². The summed E-state index contributed by atoms with van der Waals surface area (Å²) >= 11 is 0. The van der Waals surface area contributed by atoms with Crippen molar-refractivity contribution in [1.29, 1.82) is 0 Å². The van der Waals surface area contributed by atoms with E-state index in [4.69, 9.17) is 15.3 Å². The summed E-state index contributed by atoms with van der Waals surface area (Å²) in [6.45, 7) is 0.110. The van der Waals surface area contributed by atoms with Gasteiger partial charge in [0.1, 0.15) is 24.1 Å². The highest BCUT2D eigenvalue weighted by Crippen LogP contribution is 2.28. The first-order valence-electron chi connectivity index (χ1n) is 5.64. The number of anilines is 1. The Morgan fingerprint density at radius 2 is 2.32 bits per heavy atom. The van der Waals surface area contributed by atoms with Gasteiger partial charge in [0.2, 0.25) is 0 Å². The number of methoxy groups -OCH3 is 1. The topological polar surface area (TPSA) is 132 Å². The van der Waals surface area contributed by atoms with E-state index in [1.165, 1.54) is 19.4 Å². The molecule has 2 heterocycles. The Bertz CT molecular complexity index is 493. The first-order chi connectivity index (χ1) is 9.08. The summed E-state index contributed by atoms with van der Waals surface area (Å²) in [6.07, 6.45) is -2.72. The monoisotopic (exact) mass is 272 g/mol. The lowest BCUT2D eigenvalue weighted by Crippen LogP contribution is -2.36. The fourth-order valence-electron chi connectivity index (χ4n) is 1.95. The van der Waals surface area contributed by atoms with Crippen molar-refractivity contribution in [2.75, 3.05) is 19.1 Å². The molecule has 19 heavy (non-hydrogen) atoms. The van der Waals surface area contributed by atoms with Gasteiger partial charge in [0.15, 0.2) is 6.23 Å². The first kappa shape index (κ1) is 13.9. The van der Waals surface area contributed by atoms with Crippen molar-refractivity contribution in [2.24, 2.45) is 5.84 Å². The molecule has 0 bridgehead atoms. The van der Waals surface area contributed by atoms with E-state index in [1.807, 2.05) is 0 Å². The number of rotatable bonds is 4. The zero-order valence-electron chi connectivity index (χ0n) is 10.3.